The number of Topliss-reactive ketones (excluding diaryl/α,β-unsaturated/α-hetero) is 1. The molecule has 0 bridgehead atoms. The maximum absolute atomic E-state index is 12.7. The van der Waals surface area contributed by atoms with Crippen molar-refractivity contribution in [3.63, 3.8) is 0 Å². The summed E-state index contributed by atoms with van der Waals surface area (Å²) >= 11 is 0. The zero-order valence-electron chi connectivity index (χ0n) is 12.0. The van der Waals surface area contributed by atoms with E-state index < -0.39 is 0 Å². The Labute approximate surface area is 120 Å². The average Bonchev–Trinajstić information content (AvgIpc) is 2.53. The molecule has 0 radical (unpaired) electrons. The maximum atomic E-state index is 12.7. The largest absolute Gasteiger partial charge is 0.497 e. The predicted octanol–water partition coefficient (Wildman–Crippen LogP) is 4.46. The summed E-state index contributed by atoms with van der Waals surface area (Å²) in [6, 6.07) is 17.3. The Kier molecular flexibility index (Phi) is 4.94. The summed E-state index contributed by atoms with van der Waals surface area (Å²) in [7, 11) is 1.65. The quantitative estimate of drug-likeness (QED) is 0.723. The molecule has 1 atom stereocenters. The van der Waals surface area contributed by atoms with Crippen LogP contribution in [0.5, 0.6) is 5.75 Å². The Bertz CT molecular complexity index is 543. The number of carbonyl (C=O) groups excluding carboxylic acids is 1. The van der Waals surface area contributed by atoms with E-state index in [1.54, 1.807) is 7.11 Å². The van der Waals surface area contributed by atoms with Crippen LogP contribution in [-0.4, -0.2) is 12.9 Å². The molecule has 1 unspecified atom stereocenters. The van der Waals surface area contributed by atoms with E-state index in [1.807, 2.05) is 54.6 Å². The SMILES string of the molecule is CCCC(C(=O)c1ccccc1)c1ccc(OC)cc1. The molecule has 0 heterocycles. The van der Waals surface area contributed by atoms with E-state index in [4.69, 9.17) is 4.74 Å². The summed E-state index contributed by atoms with van der Waals surface area (Å²) in [4.78, 5) is 12.7. The van der Waals surface area contributed by atoms with E-state index in [0.29, 0.717) is 0 Å². The van der Waals surface area contributed by atoms with Crippen molar-refractivity contribution in [2.45, 2.75) is 25.7 Å². The van der Waals surface area contributed by atoms with Crippen LogP contribution >= 0.6 is 0 Å². The summed E-state index contributed by atoms with van der Waals surface area (Å²) < 4.78 is 5.17. The van der Waals surface area contributed by atoms with Gasteiger partial charge in [0.1, 0.15) is 5.75 Å². The number of ketones is 1. The Morgan fingerprint density at radius 3 is 2.25 bits per heavy atom. The normalized spacial score (nSPS) is 11.9. The van der Waals surface area contributed by atoms with Gasteiger partial charge in [-0.2, -0.15) is 0 Å². The Balaban J connectivity index is 2.28. The fourth-order valence-electron chi connectivity index (χ4n) is 2.38. The van der Waals surface area contributed by atoms with Gasteiger partial charge in [-0.15, -0.1) is 0 Å². The minimum atomic E-state index is -0.0756. The molecule has 104 valence electrons. The van der Waals surface area contributed by atoms with E-state index in [0.717, 1.165) is 29.7 Å². The predicted molar refractivity (Wildman–Crippen MR) is 81.4 cm³/mol. The second kappa shape index (κ2) is 6.90. The molecule has 0 aliphatic carbocycles. The Hall–Kier alpha value is -2.09. The molecule has 0 aliphatic rings. The highest BCUT2D eigenvalue weighted by Gasteiger charge is 2.20. The maximum Gasteiger partial charge on any atom is 0.170 e. The molecule has 20 heavy (non-hydrogen) atoms. The third kappa shape index (κ3) is 3.27. The first-order valence-electron chi connectivity index (χ1n) is 6.99. The Morgan fingerprint density at radius 1 is 1.05 bits per heavy atom. The van der Waals surface area contributed by atoms with Crippen molar-refractivity contribution in [1.29, 1.82) is 0 Å². The van der Waals surface area contributed by atoms with Crippen molar-refractivity contribution >= 4 is 5.78 Å². The minimum Gasteiger partial charge on any atom is -0.497 e. The second-order valence-corrected chi connectivity index (χ2v) is 4.84. The number of rotatable bonds is 6. The van der Waals surface area contributed by atoms with Crippen molar-refractivity contribution < 1.29 is 9.53 Å². The summed E-state index contributed by atoms with van der Waals surface area (Å²) in [5, 5.41) is 0. The van der Waals surface area contributed by atoms with E-state index in [2.05, 4.69) is 6.92 Å². The first-order chi connectivity index (χ1) is 9.76. The van der Waals surface area contributed by atoms with Gasteiger partial charge in [0.15, 0.2) is 5.78 Å². The lowest BCUT2D eigenvalue weighted by atomic mass is 9.87. The molecule has 2 heteroatoms. The fraction of sp³-hybridized carbons (Fsp3) is 0.278. The first kappa shape index (κ1) is 14.3. The topological polar surface area (TPSA) is 26.3 Å². The Morgan fingerprint density at radius 2 is 1.70 bits per heavy atom. The lowest BCUT2D eigenvalue weighted by Gasteiger charge is -2.16. The fourth-order valence-corrected chi connectivity index (χ4v) is 2.38. The van der Waals surface area contributed by atoms with Gasteiger partial charge in [0.25, 0.3) is 0 Å². The molecule has 2 aromatic carbocycles. The van der Waals surface area contributed by atoms with Crippen LogP contribution in [0.2, 0.25) is 0 Å². The van der Waals surface area contributed by atoms with Gasteiger partial charge in [0, 0.05) is 11.5 Å². The van der Waals surface area contributed by atoms with Crippen LogP contribution in [0.4, 0.5) is 0 Å². The van der Waals surface area contributed by atoms with Crippen molar-refractivity contribution in [3.8, 4) is 5.75 Å². The standard InChI is InChI=1S/C18H20O2/c1-3-7-17(14-10-12-16(20-2)13-11-14)18(19)15-8-5-4-6-9-15/h4-6,8-13,17H,3,7H2,1-2H3. The van der Waals surface area contributed by atoms with Crippen molar-refractivity contribution in [2.24, 2.45) is 0 Å². The zero-order chi connectivity index (χ0) is 14.4. The monoisotopic (exact) mass is 268 g/mol. The lowest BCUT2D eigenvalue weighted by molar-refractivity contribution is 0.0954. The van der Waals surface area contributed by atoms with Crippen LogP contribution in [0.15, 0.2) is 54.6 Å². The van der Waals surface area contributed by atoms with E-state index in [-0.39, 0.29) is 11.7 Å². The summed E-state index contributed by atoms with van der Waals surface area (Å²) in [6.45, 7) is 2.11. The molecule has 0 fully saturated rings. The van der Waals surface area contributed by atoms with Gasteiger partial charge in [-0.1, -0.05) is 55.8 Å². The molecule has 0 amide bonds. The molecule has 0 saturated carbocycles. The first-order valence-corrected chi connectivity index (χ1v) is 6.99. The average molecular weight is 268 g/mol. The smallest absolute Gasteiger partial charge is 0.170 e. The highest BCUT2D eigenvalue weighted by atomic mass is 16.5. The second-order valence-electron chi connectivity index (χ2n) is 4.84. The summed E-state index contributed by atoms with van der Waals surface area (Å²) in [5.74, 6) is 0.932. The van der Waals surface area contributed by atoms with Crippen LogP contribution in [0.25, 0.3) is 0 Å². The number of hydrogen-bond donors (Lipinski definition) is 0. The van der Waals surface area contributed by atoms with Crippen molar-refractivity contribution in [1.82, 2.24) is 0 Å². The van der Waals surface area contributed by atoms with Crippen LogP contribution in [0, 0.1) is 0 Å². The molecule has 0 spiro atoms. The number of carbonyl (C=O) groups is 1. The summed E-state index contributed by atoms with van der Waals surface area (Å²) in [6.07, 6.45) is 1.84. The van der Waals surface area contributed by atoms with Crippen molar-refractivity contribution in [3.05, 3.63) is 65.7 Å². The van der Waals surface area contributed by atoms with Crippen LogP contribution in [-0.2, 0) is 0 Å². The molecule has 0 saturated heterocycles. The third-order valence-electron chi connectivity index (χ3n) is 3.47. The number of hydrogen-bond acceptors (Lipinski definition) is 2. The van der Waals surface area contributed by atoms with Gasteiger partial charge in [0.2, 0.25) is 0 Å². The molecule has 2 rings (SSSR count). The van der Waals surface area contributed by atoms with Crippen molar-refractivity contribution in [2.75, 3.05) is 7.11 Å². The van der Waals surface area contributed by atoms with Gasteiger partial charge in [0.05, 0.1) is 7.11 Å². The third-order valence-corrected chi connectivity index (χ3v) is 3.47. The van der Waals surface area contributed by atoms with Crippen LogP contribution < -0.4 is 4.74 Å². The van der Waals surface area contributed by atoms with Crippen LogP contribution in [0.1, 0.15) is 41.6 Å². The van der Waals surface area contributed by atoms with Crippen LogP contribution in [0.3, 0.4) is 0 Å². The molecular formula is C18H20O2. The van der Waals surface area contributed by atoms with Gasteiger partial charge < -0.3 is 4.74 Å². The molecule has 2 aromatic rings. The molecular weight excluding hydrogens is 248 g/mol. The highest BCUT2D eigenvalue weighted by Crippen LogP contribution is 2.27. The zero-order valence-corrected chi connectivity index (χ0v) is 12.0. The van der Waals surface area contributed by atoms with E-state index in [9.17, 15) is 4.79 Å². The summed E-state index contributed by atoms with van der Waals surface area (Å²) in [5.41, 5.74) is 1.84. The van der Waals surface area contributed by atoms with Gasteiger partial charge in [-0.05, 0) is 24.1 Å². The van der Waals surface area contributed by atoms with Gasteiger partial charge in [-0.3, -0.25) is 4.79 Å². The van der Waals surface area contributed by atoms with E-state index >= 15 is 0 Å². The molecule has 0 N–H and O–H groups in total. The number of benzene rings is 2. The molecule has 2 nitrogen and oxygen atoms in total. The van der Waals surface area contributed by atoms with Gasteiger partial charge >= 0.3 is 0 Å². The molecule has 0 aliphatic heterocycles. The van der Waals surface area contributed by atoms with E-state index in [1.165, 1.54) is 0 Å². The minimum absolute atomic E-state index is 0.0756. The number of ether oxygens (including phenoxy) is 1. The lowest BCUT2D eigenvalue weighted by Crippen LogP contribution is -2.12. The highest BCUT2D eigenvalue weighted by molar-refractivity contribution is 6.00. The molecule has 0 aromatic heterocycles. The van der Waals surface area contributed by atoms with Gasteiger partial charge in [-0.25, -0.2) is 0 Å². The number of methoxy groups -OCH3 is 1.